The lowest BCUT2D eigenvalue weighted by atomic mass is 10.2. The van der Waals surface area contributed by atoms with Crippen molar-refractivity contribution in [2.24, 2.45) is 0 Å². The maximum atomic E-state index is 12.1. The quantitative estimate of drug-likeness (QED) is 0.845. The minimum Gasteiger partial charge on any atom is -0.384 e. The molecule has 1 aromatic rings. The van der Waals surface area contributed by atoms with Gasteiger partial charge in [0.15, 0.2) is 0 Å². The van der Waals surface area contributed by atoms with E-state index in [1.54, 1.807) is 12.1 Å². The second-order valence-corrected chi connectivity index (χ2v) is 4.06. The molecule has 0 radical (unpaired) electrons. The normalized spacial score (nSPS) is 10.5. The molecule has 0 fully saturated rings. The number of carbonyl (C=O) groups is 1. The first-order valence-electron chi connectivity index (χ1n) is 5.58. The molecular formula is C12H19N3O. The van der Waals surface area contributed by atoms with E-state index in [9.17, 15) is 4.79 Å². The number of pyridine rings is 1. The van der Waals surface area contributed by atoms with Gasteiger partial charge in [0.2, 0.25) is 0 Å². The van der Waals surface area contributed by atoms with Gasteiger partial charge in [0.1, 0.15) is 5.82 Å². The van der Waals surface area contributed by atoms with Gasteiger partial charge in [-0.3, -0.25) is 4.79 Å². The standard InChI is InChI=1S/C12H19N3O/c1-4-7-15(9(2)3)12(16)10-5-6-11(13)14-8-10/h5-6,8-9H,4,7H2,1-3H3,(H2,13,14). The summed E-state index contributed by atoms with van der Waals surface area (Å²) in [6.07, 6.45) is 2.48. The molecular weight excluding hydrogens is 202 g/mol. The molecule has 0 aliphatic heterocycles. The van der Waals surface area contributed by atoms with E-state index in [0.29, 0.717) is 11.4 Å². The highest BCUT2D eigenvalue weighted by molar-refractivity contribution is 5.94. The topological polar surface area (TPSA) is 59.2 Å². The zero-order valence-corrected chi connectivity index (χ0v) is 10.1. The molecule has 1 heterocycles. The number of nitrogen functional groups attached to an aromatic ring is 1. The van der Waals surface area contributed by atoms with E-state index in [4.69, 9.17) is 5.73 Å². The summed E-state index contributed by atoms with van der Waals surface area (Å²) in [6, 6.07) is 3.57. The van der Waals surface area contributed by atoms with Gasteiger partial charge >= 0.3 is 0 Å². The molecule has 0 spiro atoms. The average Bonchev–Trinajstić information content (AvgIpc) is 2.25. The maximum Gasteiger partial charge on any atom is 0.255 e. The summed E-state index contributed by atoms with van der Waals surface area (Å²) in [5.41, 5.74) is 6.08. The second-order valence-electron chi connectivity index (χ2n) is 4.06. The molecule has 1 amide bonds. The molecule has 0 bridgehead atoms. The van der Waals surface area contributed by atoms with Crippen LogP contribution in [-0.2, 0) is 0 Å². The van der Waals surface area contributed by atoms with E-state index in [2.05, 4.69) is 11.9 Å². The van der Waals surface area contributed by atoms with Gasteiger partial charge in [-0.25, -0.2) is 4.98 Å². The van der Waals surface area contributed by atoms with Crippen molar-refractivity contribution in [2.75, 3.05) is 12.3 Å². The molecule has 4 nitrogen and oxygen atoms in total. The molecule has 0 saturated heterocycles. The van der Waals surface area contributed by atoms with E-state index < -0.39 is 0 Å². The van der Waals surface area contributed by atoms with Crippen molar-refractivity contribution in [1.82, 2.24) is 9.88 Å². The monoisotopic (exact) mass is 221 g/mol. The Hall–Kier alpha value is -1.58. The molecule has 16 heavy (non-hydrogen) atoms. The fraction of sp³-hybridized carbons (Fsp3) is 0.500. The Morgan fingerprint density at radius 3 is 2.62 bits per heavy atom. The van der Waals surface area contributed by atoms with Crippen molar-refractivity contribution in [3.8, 4) is 0 Å². The first-order chi connectivity index (χ1) is 7.56. The number of nitrogens with zero attached hydrogens (tertiary/aromatic N) is 2. The number of aromatic nitrogens is 1. The molecule has 1 aromatic heterocycles. The summed E-state index contributed by atoms with van der Waals surface area (Å²) in [4.78, 5) is 17.9. The molecule has 0 atom stereocenters. The lowest BCUT2D eigenvalue weighted by Crippen LogP contribution is -2.37. The third-order valence-electron chi connectivity index (χ3n) is 2.38. The third-order valence-corrected chi connectivity index (χ3v) is 2.38. The maximum absolute atomic E-state index is 12.1. The zero-order chi connectivity index (χ0) is 12.1. The first-order valence-corrected chi connectivity index (χ1v) is 5.58. The average molecular weight is 221 g/mol. The number of hydrogen-bond acceptors (Lipinski definition) is 3. The van der Waals surface area contributed by atoms with E-state index >= 15 is 0 Å². The van der Waals surface area contributed by atoms with Gasteiger partial charge in [-0.15, -0.1) is 0 Å². The number of carbonyl (C=O) groups excluding carboxylic acids is 1. The Morgan fingerprint density at radius 2 is 2.19 bits per heavy atom. The summed E-state index contributed by atoms with van der Waals surface area (Å²) >= 11 is 0. The van der Waals surface area contributed by atoms with Crippen LogP contribution < -0.4 is 5.73 Å². The molecule has 4 heteroatoms. The van der Waals surface area contributed by atoms with E-state index in [0.717, 1.165) is 13.0 Å². The van der Waals surface area contributed by atoms with Crippen LogP contribution in [0.2, 0.25) is 0 Å². The Balaban J connectivity index is 2.86. The highest BCUT2D eigenvalue weighted by Gasteiger charge is 2.17. The predicted octanol–water partition coefficient (Wildman–Crippen LogP) is 1.92. The SMILES string of the molecule is CCCN(C(=O)c1ccc(N)nc1)C(C)C. The van der Waals surface area contributed by atoms with Crippen molar-refractivity contribution >= 4 is 11.7 Å². The molecule has 0 saturated carbocycles. The summed E-state index contributed by atoms with van der Waals surface area (Å²) in [5.74, 6) is 0.451. The predicted molar refractivity (Wildman–Crippen MR) is 65.1 cm³/mol. The fourth-order valence-corrected chi connectivity index (χ4v) is 1.53. The zero-order valence-electron chi connectivity index (χ0n) is 10.1. The summed E-state index contributed by atoms with van der Waals surface area (Å²) < 4.78 is 0. The molecule has 0 aromatic carbocycles. The number of nitrogens with two attached hydrogens (primary N) is 1. The first kappa shape index (κ1) is 12.5. The van der Waals surface area contributed by atoms with E-state index in [1.807, 2.05) is 18.7 Å². The van der Waals surface area contributed by atoms with Crippen LogP contribution in [0.1, 0.15) is 37.6 Å². The smallest absolute Gasteiger partial charge is 0.255 e. The Bertz CT molecular complexity index is 346. The fourth-order valence-electron chi connectivity index (χ4n) is 1.53. The molecule has 0 unspecified atom stereocenters. The van der Waals surface area contributed by atoms with Gasteiger partial charge in [-0.1, -0.05) is 6.92 Å². The van der Waals surface area contributed by atoms with Crippen LogP contribution in [-0.4, -0.2) is 28.4 Å². The van der Waals surface area contributed by atoms with Crippen LogP contribution in [0.25, 0.3) is 0 Å². The van der Waals surface area contributed by atoms with Gasteiger partial charge in [-0.2, -0.15) is 0 Å². The van der Waals surface area contributed by atoms with Crippen molar-refractivity contribution in [1.29, 1.82) is 0 Å². The number of rotatable bonds is 4. The molecule has 88 valence electrons. The minimum atomic E-state index is 0.0179. The third kappa shape index (κ3) is 2.95. The van der Waals surface area contributed by atoms with Crippen LogP contribution in [0.15, 0.2) is 18.3 Å². The summed E-state index contributed by atoms with van der Waals surface area (Å²) in [7, 11) is 0. The van der Waals surface area contributed by atoms with E-state index in [-0.39, 0.29) is 11.9 Å². The molecule has 1 rings (SSSR count). The van der Waals surface area contributed by atoms with Gasteiger partial charge in [0.05, 0.1) is 5.56 Å². The molecule has 0 aliphatic rings. The van der Waals surface area contributed by atoms with E-state index in [1.165, 1.54) is 6.20 Å². The van der Waals surface area contributed by atoms with Crippen LogP contribution in [0.4, 0.5) is 5.82 Å². The second kappa shape index (κ2) is 5.49. The number of anilines is 1. The van der Waals surface area contributed by atoms with Crippen LogP contribution in [0.3, 0.4) is 0 Å². The summed E-state index contributed by atoms with van der Waals surface area (Å²) in [6.45, 7) is 6.85. The lowest BCUT2D eigenvalue weighted by molar-refractivity contribution is 0.0705. The highest BCUT2D eigenvalue weighted by atomic mass is 16.2. The summed E-state index contributed by atoms with van der Waals surface area (Å²) in [5, 5.41) is 0. The number of amides is 1. The molecule has 0 aliphatic carbocycles. The van der Waals surface area contributed by atoms with Gasteiger partial charge < -0.3 is 10.6 Å². The van der Waals surface area contributed by atoms with Gasteiger partial charge in [0, 0.05) is 18.8 Å². The van der Waals surface area contributed by atoms with Crippen molar-refractivity contribution in [3.05, 3.63) is 23.9 Å². The molecule has 2 N–H and O–H groups in total. The van der Waals surface area contributed by atoms with Crippen molar-refractivity contribution < 1.29 is 4.79 Å². The van der Waals surface area contributed by atoms with Gasteiger partial charge in [-0.05, 0) is 32.4 Å². The van der Waals surface area contributed by atoms with Crippen molar-refractivity contribution in [3.63, 3.8) is 0 Å². The minimum absolute atomic E-state index is 0.0179. The Labute approximate surface area is 96.5 Å². The largest absolute Gasteiger partial charge is 0.384 e. The van der Waals surface area contributed by atoms with Crippen LogP contribution >= 0.6 is 0 Å². The Morgan fingerprint density at radius 1 is 1.50 bits per heavy atom. The van der Waals surface area contributed by atoms with Crippen molar-refractivity contribution in [2.45, 2.75) is 33.2 Å². The Kier molecular flexibility index (Phi) is 4.28. The number of hydrogen-bond donors (Lipinski definition) is 1. The van der Waals surface area contributed by atoms with Crippen LogP contribution in [0, 0.1) is 0 Å². The van der Waals surface area contributed by atoms with Gasteiger partial charge in [0.25, 0.3) is 5.91 Å². The van der Waals surface area contributed by atoms with Crippen LogP contribution in [0.5, 0.6) is 0 Å². The highest BCUT2D eigenvalue weighted by Crippen LogP contribution is 2.09. The lowest BCUT2D eigenvalue weighted by Gasteiger charge is -2.26.